The zero-order chi connectivity index (χ0) is 9.64. The summed E-state index contributed by atoms with van der Waals surface area (Å²) in [6.45, 7) is 0.972. The van der Waals surface area contributed by atoms with Crippen LogP contribution in [-0.2, 0) is 11.2 Å². The molecule has 1 atom stereocenters. The highest BCUT2D eigenvalue weighted by atomic mass is 16.5. The summed E-state index contributed by atoms with van der Waals surface area (Å²) in [5.74, 6) is 0. The van der Waals surface area contributed by atoms with Crippen LogP contribution in [0.15, 0.2) is 30.3 Å². The first-order valence-corrected chi connectivity index (χ1v) is 5.61. The Morgan fingerprint density at radius 1 is 1.14 bits per heavy atom. The van der Waals surface area contributed by atoms with Gasteiger partial charge in [-0.2, -0.15) is 0 Å². The van der Waals surface area contributed by atoms with Crippen LogP contribution in [0.2, 0.25) is 0 Å². The van der Waals surface area contributed by atoms with Gasteiger partial charge in [-0.25, -0.2) is 0 Å². The van der Waals surface area contributed by atoms with E-state index in [-0.39, 0.29) is 0 Å². The van der Waals surface area contributed by atoms with E-state index in [2.05, 4.69) is 30.3 Å². The van der Waals surface area contributed by atoms with Crippen LogP contribution in [-0.4, -0.2) is 12.7 Å². The third-order valence-corrected chi connectivity index (χ3v) is 2.87. The topological polar surface area (TPSA) is 9.23 Å². The van der Waals surface area contributed by atoms with Gasteiger partial charge in [-0.05, 0) is 37.7 Å². The molecule has 0 aliphatic carbocycles. The van der Waals surface area contributed by atoms with Gasteiger partial charge in [0, 0.05) is 6.61 Å². The minimum Gasteiger partial charge on any atom is -0.378 e. The normalized spacial score (nSPS) is 22.1. The number of rotatable bonds is 3. The van der Waals surface area contributed by atoms with Gasteiger partial charge in [-0.3, -0.25) is 0 Å². The molecule has 14 heavy (non-hydrogen) atoms. The number of ether oxygens (including phenoxy) is 1. The second kappa shape index (κ2) is 5.16. The molecule has 0 bridgehead atoms. The predicted molar refractivity (Wildman–Crippen MR) is 58.4 cm³/mol. The van der Waals surface area contributed by atoms with Crippen LogP contribution in [0, 0.1) is 0 Å². The number of aryl methyl sites for hydroxylation is 1. The Hall–Kier alpha value is -0.820. The van der Waals surface area contributed by atoms with E-state index in [0.717, 1.165) is 13.0 Å². The molecule has 0 N–H and O–H groups in total. The van der Waals surface area contributed by atoms with Gasteiger partial charge in [0.25, 0.3) is 0 Å². The molecule has 1 aliphatic rings. The Balaban J connectivity index is 1.76. The van der Waals surface area contributed by atoms with Gasteiger partial charge in [-0.15, -0.1) is 0 Å². The summed E-state index contributed by atoms with van der Waals surface area (Å²) in [5, 5.41) is 0. The molecular weight excluding hydrogens is 172 g/mol. The average molecular weight is 190 g/mol. The van der Waals surface area contributed by atoms with E-state index in [1.54, 1.807) is 0 Å². The minimum atomic E-state index is 0.518. The van der Waals surface area contributed by atoms with E-state index in [1.165, 1.54) is 31.2 Å². The van der Waals surface area contributed by atoms with Gasteiger partial charge >= 0.3 is 0 Å². The molecule has 0 amide bonds. The van der Waals surface area contributed by atoms with Crippen molar-refractivity contribution in [3.05, 3.63) is 35.9 Å². The molecular formula is C13H18O. The molecule has 1 aromatic rings. The standard InChI is InChI=1S/C13H18O/c1-2-6-12(7-3-1)9-10-13-8-4-5-11-14-13/h1-3,6-7,13H,4-5,8-11H2/t13-/m1/s1. The number of hydrogen-bond donors (Lipinski definition) is 0. The maximum Gasteiger partial charge on any atom is 0.0578 e. The van der Waals surface area contributed by atoms with Crippen molar-refractivity contribution in [2.75, 3.05) is 6.61 Å². The summed E-state index contributed by atoms with van der Waals surface area (Å²) in [6, 6.07) is 10.7. The number of hydrogen-bond acceptors (Lipinski definition) is 1. The van der Waals surface area contributed by atoms with E-state index < -0.39 is 0 Å². The summed E-state index contributed by atoms with van der Waals surface area (Å²) in [7, 11) is 0. The van der Waals surface area contributed by atoms with Gasteiger partial charge in [0.15, 0.2) is 0 Å². The summed E-state index contributed by atoms with van der Waals surface area (Å²) in [4.78, 5) is 0. The third kappa shape index (κ3) is 2.85. The molecule has 0 radical (unpaired) electrons. The Labute approximate surface area is 86.1 Å². The first-order chi connectivity index (χ1) is 6.95. The van der Waals surface area contributed by atoms with Gasteiger partial charge in [-0.1, -0.05) is 30.3 Å². The van der Waals surface area contributed by atoms with Crippen LogP contribution in [0.25, 0.3) is 0 Å². The van der Waals surface area contributed by atoms with Gasteiger partial charge < -0.3 is 4.74 Å². The van der Waals surface area contributed by atoms with E-state index in [9.17, 15) is 0 Å². The molecule has 76 valence electrons. The van der Waals surface area contributed by atoms with Crippen LogP contribution in [0.1, 0.15) is 31.2 Å². The van der Waals surface area contributed by atoms with Crippen molar-refractivity contribution in [2.24, 2.45) is 0 Å². The zero-order valence-corrected chi connectivity index (χ0v) is 8.61. The minimum absolute atomic E-state index is 0.518. The van der Waals surface area contributed by atoms with Crippen molar-refractivity contribution in [3.8, 4) is 0 Å². The molecule has 0 aromatic heterocycles. The smallest absolute Gasteiger partial charge is 0.0578 e. The average Bonchev–Trinajstić information content (AvgIpc) is 2.29. The van der Waals surface area contributed by atoms with Gasteiger partial charge in [0.1, 0.15) is 0 Å². The van der Waals surface area contributed by atoms with Crippen molar-refractivity contribution in [1.29, 1.82) is 0 Å². The Morgan fingerprint density at radius 2 is 2.00 bits per heavy atom. The van der Waals surface area contributed by atoms with Gasteiger partial charge in [0.2, 0.25) is 0 Å². The molecule has 0 saturated carbocycles. The zero-order valence-electron chi connectivity index (χ0n) is 8.61. The van der Waals surface area contributed by atoms with E-state index in [0.29, 0.717) is 6.10 Å². The van der Waals surface area contributed by atoms with Crippen LogP contribution >= 0.6 is 0 Å². The predicted octanol–water partition coefficient (Wildman–Crippen LogP) is 3.19. The van der Waals surface area contributed by atoms with Crippen molar-refractivity contribution in [2.45, 2.75) is 38.2 Å². The van der Waals surface area contributed by atoms with Crippen LogP contribution in [0.3, 0.4) is 0 Å². The Bertz CT molecular complexity index is 249. The molecule has 1 fully saturated rings. The monoisotopic (exact) mass is 190 g/mol. The maximum absolute atomic E-state index is 5.70. The van der Waals surface area contributed by atoms with E-state index >= 15 is 0 Å². The summed E-state index contributed by atoms with van der Waals surface area (Å²) >= 11 is 0. The van der Waals surface area contributed by atoms with Crippen molar-refractivity contribution in [3.63, 3.8) is 0 Å². The fourth-order valence-corrected chi connectivity index (χ4v) is 2.01. The summed E-state index contributed by atoms with van der Waals surface area (Å²) in [5.41, 5.74) is 1.43. The lowest BCUT2D eigenvalue weighted by atomic mass is 10.0. The SMILES string of the molecule is c1ccc(CC[C@H]2CCCCO2)cc1. The van der Waals surface area contributed by atoms with Crippen molar-refractivity contribution >= 4 is 0 Å². The van der Waals surface area contributed by atoms with Crippen molar-refractivity contribution in [1.82, 2.24) is 0 Å². The van der Waals surface area contributed by atoms with Gasteiger partial charge in [0.05, 0.1) is 6.10 Å². The summed E-state index contributed by atoms with van der Waals surface area (Å²) in [6.07, 6.45) is 6.72. The lowest BCUT2D eigenvalue weighted by Gasteiger charge is -2.22. The van der Waals surface area contributed by atoms with Crippen LogP contribution in [0.5, 0.6) is 0 Å². The van der Waals surface area contributed by atoms with E-state index in [4.69, 9.17) is 4.74 Å². The molecule has 2 rings (SSSR count). The molecule has 1 heterocycles. The Kier molecular flexibility index (Phi) is 3.58. The van der Waals surface area contributed by atoms with E-state index in [1.807, 2.05) is 0 Å². The molecule has 0 spiro atoms. The lowest BCUT2D eigenvalue weighted by molar-refractivity contribution is 0.0115. The fourth-order valence-electron chi connectivity index (χ4n) is 2.01. The highest BCUT2D eigenvalue weighted by Crippen LogP contribution is 2.17. The first kappa shape index (κ1) is 9.72. The maximum atomic E-state index is 5.70. The fraction of sp³-hybridized carbons (Fsp3) is 0.538. The van der Waals surface area contributed by atoms with Crippen LogP contribution < -0.4 is 0 Å². The highest BCUT2D eigenvalue weighted by Gasteiger charge is 2.12. The third-order valence-electron chi connectivity index (χ3n) is 2.87. The second-order valence-electron chi connectivity index (χ2n) is 4.01. The number of benzene rings is 1. The Morgan fingerprint density at radius 3 is 2.71 bits per heavy atom. The summed E-state index contributed by atoms with van der Waals surface area (Å²) < 4.78 is 5.70. The molecule has 1 saturated heterocycles. The second-order valence-corrected chi connectivity index (χ2v) is 4.01. The largest absolute Gasteiger partial charge is 0.378 e. The molecule has 1 aromatic carbocycles. The molecule has 1 aliphatic heterocycles. The molecule has 0 unspecified atom stereocenters. The van der Waals surface area contributed by atoms with Crippen LogP contribution in [0.4, 0.5) is 0 Å². The lowest BCUT2D eigenvalue weighted by Crippen LogP contribution is -2.19. The first-order valence-electron chi connectivity index (χ1n) is 5.61. The van der Waals surface area contributed by atoms with Crippen molar-refractivity contribution < 1.29 is 4.74 Å². The quantitative estimate of drug-likeness (QED) is 0.711. The molecule has 1 heteroatoms. The molecule has 1 nitrogen and oxygen atoms in total. The highest BCUT2D eigenvalue weighted by molar-refractivity contribution is 5.14.